The molecule has 0 unspecified atom stereocenters. The standard InChI is InChI=1S/C35H35FN4O5/c1-19-24-11-8-14-44-32(24)26(36)16-25(19)31-30(33(34(41)42)45-35(3,4)5)20(2)38-28-17-27(39-40(28)31)22-10-7-9-21(15-22)23-12-13-29(43-6)37-18-23/h7,9-10,12-13,15-18,33H,8,11,14H2,1-6H3,(H,41,42)/t33-/m0/s1. The molecule has 1 atom stereocenters. The predicted molar refractivity (Wildman–Crippen MR) is 168 cm³/mol. The molecule has 3 aromatic heterocycles. The Hall–Kier alpha value is -4.83. The number of aliphatic carboxylic acids is 1. The summed E-state index contributed by atoms with van der Waals surface area (Å²) in [6.45, 7) is 9.48. The van der Waals surface area contributed by atoms with Crippen LogP contribution in [0.4, 0.5) is 4.39 Å². The number of benzene rings is 2. The molecule has 0 radical (unpaired) electrons. The van der Waals surface area contributed by atoms with Gasteiger partial charge in [-0.15, -0.1) is 0 Å². The van der Waals surface area contributed by atoms with E-state index in [1.165, 1.54) is 6.07 Å². The van der Waals surface area contributed by atoms with Crippen LogP contribution in [0, 0.1) is 19.7 Å². The highest BCUT2D eigenvalue weighted by molar-refractivity contribution is 5.83. The summed E-state index contributed by atoms with van der Waals surface area (Å²) in [5.41, 5.74) is 6.24. The number of pyridine rings is 1. The lowest BCUT2D eigenvalue weighted by molar-refractivity contribution is -0.160. The first-order chi connectivity index (χ1) is 21.4. The minimum absolute atomic E-state index is 0.248. The number of aromatic nitrogens is 4. The van der Waals surface area contributed by atoms with Gasteiger partial charge in [-0.25, -0.2) is 23.7 Å². The predicted octanol–water partition coefficient (Wildman–Crippen LogP) is 7.16. The number of carboxylic acid groups (broad SMARTS) is 1. The number of hydrogen-bond donors (Lipinski definition) is 1. The second kappa shape index (κ2) is 11.6. The molecule has 0 bridgehead atoms. The molecule has 4 heterocycles. The van der Waals surface area contributed by atoms with E-state index in [2.05, 4.69) is 4.98 Å². The van der Waals surface area contributed by atoms with E-state index in [0.29, 0.717) is 52.8 Å². The van der Waals surface area contributed by atoms with E-state index in [4.69, 9.17) is 24.3 Å². The van der Waals surface area contributed by atoms with Gasteiger partial charge in [0.1, 0.15) is 0 Å². The van der Waals surface area contributed by atoms with Gasteiger partial charge in [0.2, 0.25) is 5.88 Å². The molecule has 1 aliphatic rings. The molecule has 0 saturated heterocycles. The van der Waals surface area contributed by atoms with E-state index >= 15 is 4.39 Å². The van der Waals surface area contributed by atoms with Crippen molar-refractivity contribution in [2.24, 2.45) is 0 Å². The van der Waals surface area contributed by atoms with E-state index in [9.17, 15) is 9.90 Å². The summed E-state index contributed by atoms with van der Waals surface area (Å²) in [4.78, 5) is 21.9. The first-order valence-electron chi connectivity index (χ1n) is 14.8. The van der Waals surface area contributed by atoms with Gasteiger partial charge in [-0.3, -0.25) is 0 Å². The van der Waals surface area contributed by atoms with Crippen LogP contribution in [-0.4, -0.2) is 50.0 Å². The first kappa shape index (κ1) is 30.2. The summed E-state index contributed by atoms with van der Waals surface area (Å²) in [6, 6.07) is 14.9. The molecule has 5 aromatic rings. The molecular weight excluding hydrogens is 575 g/mol. The Morgan fingerprint density at radius 2 is 1.87 bits per heavy atom. The zero-order chi connectivity index (χ0) is 32.0. The molecule has 0 amide bonds. The minimum Gasteiger partial charge on any atom is -0.490 e. The van der Waals surface area contributed by atoms with Crippen LogP contribution in [0.5, 0.6) is 11.6 Å². The smallest absolute Gasteiger partial charge is 0.337 e. The number of methoxy groups -OCH3 is 1. The Bertz CT molecular complexity index is 1930. The highest BCUT2D eigenvalue weighted by Gasteiger charge is 2.34. The number of nitrogens with zero attached hydrogens (tertiary/aromatic N) is 4. The highest BCUT2D eigenvalue weighted by Crippen LogP contribution is 2.42. The van der Waals surface area contributed by atoms with E-state index in [1.54, 1.807) is 51.6 Å². The maximum atomic E-state index is 15.7. The van der Waals surface area contributed by atoms with Crippen molar-refractivity contribution in [3.63, 3.8) is 0 Å². The molecule has 2 aromatic carbocycles. The van der Waals surface area contributed by atoms with Gasteiger partial charge in [0.15, 0.2) is 23.3 Å². The van der Waals surface area contributed by atoms with Crippen LogP contribution < -0.4 is 9.47 Å². The molecule has 1 aliphatic heterocycles. The van der Waals surface area contributed by atoms with Crippen molar-refractivity contribution in [1.29, 1.82) is 0 Å². The SMILES string of the molecule is COc1ccc(-c2cccc(-c3cc4nc(C)c([C@H](OC(C)(C)C)C(=O)O)c(-c5cc(F)c6c(c5C)CCCO6)n4n3)c2)cn1. The van der Waals surface area contributed by atoms with Crippen LogP contribution in [0.15, 0.2) is 54.7 Å². The van der Waals surface area contributed by atoms with Gasteiger partial charge in [-0.05, 0) is 76.8 Å². The van der Waals surface area contributed by atoms with Crippen molar-refractivity contribution in [3.8, 4) is 45.3 Å². The molecular formula is C35H35FN4O5. The zero-order valence-electron chi connectivity index (χ0n) is 26.1. The van der Waals surface area contributed by atoms with E-state index in [0.717, 1.165) is 34.2 Å². The molecule has 0 spiro atoms. The van der Waals surface area contributed by atoms with Crippen molar-refractivity contribution >= 4 is 11.6 Å². The minimum atomic E-state index is -1.38. The fourth-order valence-electron chi connectivity index (χ4n) is 5.87. The topological polar surface area (TPSA) is 108 Å². The molecule has 1 N–H and O–H groups in total. The lowest BCUT2D eigenvalue weighted by Crippen LogP contribution is -2.29. The molecule has 232 valence electrons. The van der Waals surface area contributed by atoms with Gasteiger partial charge < -0.3 is 19.3 Å². The number of halogens is 1. The number of hydrogen-bond acceptors (Lipinski definition) is 7. The van der Waals surface area contributed by atoms with Gasteiger partial charge in [-0.1, -0.05) is 18.2 Å². The summed E-state index contributed by atoms with van der Waals surface area (Å²) in [5.74, 6) is -0.910. The number of rotatable bonds is 7. The van der Waals surface area contributed by atoms with Crippen LogP contribution >= 0.6 is 0 Å². The van der Waals surface area contributed by atoms with Crippen molar-refractivity contribution in [1.82, 2.24) is 19.6 Å². The number of fused-ring (bicyclic) bond motifs is 2. The third-order valence-electron chi connectivity index (χ3n) is 7.92. The third-order valence-corrected chi connectivity index (χ3v) is 7.92. The molecule has 0 fully saturated rings. The fourth-order valence-corrected chi connectivity index (χ4v) is 5.87. The third kappa shape index (κ3) is 5.73. The lowest BCUT2D eigenvalue weighted by Gasteiger charge is -2.28. The Labute approximate surface area is 260 Å². The number of aryl methyl sites for hydroxylation is 1. The summed E-state index contributed by atoms with van der Waals surface area (Å²) >= 11 is 0. The molecule has 0 aliphatic carbocycles. The van der Waals surface area contributed by atoms with Crippen molar-refractivity contribution < 1.29 is 28.5 Å². The number of ether oxygens (including phenoxy) is 3. The molecule has 10 heteroatoms. The number of carbonyl (C=O) groups is 1. The van der Waals surface area contributed by atoms with Gasteiger partial charge in [0, 0.05) is 51.8 Å². The van der Waals surface area contributed by atoms with Gasteiger partial charge in [0.25, 0.3) is 0 Å². The van der Waals surface area contributed by atoms with Crippen LogP contribution in [0.2, 0.25) is 0 Å². The largest absolute Gasteiger partial charge is 0.490 e. The van der Waals surface area contributed by atoms with Crippen LogP contribution in [0.25, 0.3) is 39.3 Å². The first-order valence-corrected chi connectivity index (χ1v) is 14.8. The Morgan fingerprint density at radius 1 is 1.09 bits per heavy atom. The number of carboxylic acids is 1. The fraction of sp³-hybridized carbons (Fsp3) is 0.314. The summed E-state index contributed by atoms with van der Waals surface area (Å²) < 4.78 is 34.3. The van der Waals surface area contributed by atoms with Crippen LogP contribution in [0.1, 0.15) is 55.7 Å². The molecule has 45 heavy (non-hydrogen) atoms. The van der Waals surface area contributed by atoms with Crippen LogP contribution in [-0.2, 0) is 16.0 Å². The average molecular weight is 611 g/mol. The quantitative estimate of drug-likeness (QED) is 0.207. The molecule has 0 saturated carbocycles. The monoisotopic (exact) mass is 610 g/mol. The normalized spacial score (nSPS) is 13.8. The van der Waals surface area contributed by atoms with Crippen molar-refractivity contribution in [2.75, 3.05) is 13.7 Å². The average Bonchev–Trinajstić information content (AvgIpc) is 3.44. The van der Waals surface area contributed by atoms with Gasteiger partial charge in [0.05, 0.1) is 30.7 Å². The van der Waals surface area contributed by atoms with Crippen molar-refractivity contribution in [2.45, 2.75) is 59.2 Å². The van der Waals surface area contributed by atoms with E-state index in [-0.39, 0.29) is 5.75 Å². The van der Waals surface area contributed by atoms with E-state index < -0.39 is 23.5 Å². The second-order valence-corrected chi connectivity index (χ2v) is 12.2. The summed E-state index contributed by atoms with van der Waals surface area (Å²) in [5, 5.41) is 15.4. The second-order valence-electron chi connectivity index (χ2n) is 12.2. The highest BCUT2D eigenvalue weighted by atomic mass is 19.1. The Kier molecular flexibility index (Phi) is 7.78. The Balaban J connectivity index is 1.60. The van der Waals surface area contributed by atoms with Crippen LogP contribution in [0.3, 0.4) is 0 Å². The maximum Gasteiger partial charge on any atom is 0.337 e. The van der Waals surface area contributed by atoms with E-state index in [1.807, 2.05) is 43.3 Å². The lowest BCUT2D eigenvalue weighted by atomic mass is 9.91. The maximum absolute atomic E-state index is 15.7. The molecule has 9 nitrogen and oxygen atoms in total. The zero-order valence-corrected chi connectivity index (χ0v) is 26.1. The Morgan fingerprint density at radius 3 is 2.56 bits per heavy atom. The summed E-state index contributed by atoms with van der Waals surface area (Å²) in [6.07, 6.45) is 1.76. The molecule has 6 rings (SSSR count). The summed E-state index contributed by atoms with van der Waals surface area (Å²) in [7, 11) is 1.57. The van der Waals surface area contributed by atoms with Gasteiger partial charge in [-0.2, -0.15) is 5.10 Å². The van der Waals surface area contributed by atoms with Crippen molar-refractivity contribution in [3.05, 3.63) is 82.9 Å². The van der Waals surface area contributed by atoms with Gasteiger partial charge >= 0.3 is 5.97 Å².